The Hall–Kier alpha value is -3.43. The minimum absolute atomic E-state index is 0.0696. The van der Waals surface area contributed by atoms with E-state index in [0.717, 1.165) is 28.4 Å². The molecule has 0 spiro atoms. The summed E-state index contributed by atoms with van der Waals surface area (Å²) in [6.07, 6.45) is 1.30. The van der Waals surface area contributed by atoms with Gasteiger partial charge < -0.3 is 24.1 Å². The third-order valence-electron chi connectivity index (χ3n) is 8.20. The van der Waals surface area contributed by atoms with Crippen molar-refractivity contribution < 1.29 is 23.8 Å². The van der Waals surface area contributed by atoms with E-state index >= 15 is 4.39 Å². The average Bonchev–Trinajstić information content (AvgIpc) is 3.27. The molecule has 1 aromatic carbocycles. The number of nitrogens with zero attached hydrogens (tertiary/aromatic N) is 3. The highest BCUT2D eigenvalue weighted by atomic mass is 19.1. The van der Waals surface area contributed by atoms with Crippen molar-refractivity contribution in [3.8, 4) is 11.4 Å². The molecule has 1 aliphatic carbocycles. The molecule has 0 radical (unpaired) electrons. The second-order valence-electron chi connectivity index (χ2n) is 10.3. The van der Waals surface area contributed by atoms with Crippen molar-refractivity contribution in [3.63, 3.8) is 0 Å². The standard InChI is InChI=1S/C29H32FN3O5/c1-6-16(12-34)18-9-24-27-19(11-33(24)29(37)20(18)13-38-5)26-23(32(4)28(36)15(3)35)8-7-17-14(2)21(30)10-22(31-27)25(17)26/h9-10,12,15-16,23,35H,6-8,11,13H2,1-5H3. The number of aldehydes is 1. The largest absolute Gasteiger partial charge is 0.384 e. The van der Waals surface area contributed by atoms with Crippen molar-refractivity contribution >= 4 is 23.1 Å². The predicted molar refractivity (Wildman–Crippen MR) is 141 cm³/mol. The van der Waals surface area contributed by atoms with Crippen molar-refractivity contribution in [1.82, 2.24) is 14.5 Å². The van der Waals surface area contributed by atoms with Gasteiger partial charge in [0.2, 0.25) is 0 Å². The van der Waals surface area contributed by atoms with Crippen LogP contribution in [0.1, 0.15) is 72.0 Å². The molecule has 9 heteroatoms. The zero-order valence-electron chi connectivity index (χ0n) is 22.3. The third kappa shape index (κ3) is 3.79. The van der Waals surface area contributed by atoms with Crippen LogP contribution >= 0.6 is 0 Å². The number of aromatic nitrogens is 2. The number of methoxy groups -OCH3 is 1. The Labute approximate surface area is 220 Å². The van der Waals surface area contributed by atoms with E-state index in [0.29, 0.717) is 52.9 Å². The van der Waals surface area contributed by atoms with Crippen LogP contribution < -0.4 is 5.56 Å². The summed E-state index contributed by atoms with van der Waals surface area (Å²) >= 11 is 0. The Kier molecular flexibility index (Phi) is 6.69. The SMILES string of the molecule is CCC(C=O)c1cc2n(c(=O)c1COC)Cc1c-2nc2cc(F)c(C)c3c2c1C(N(C)C(=O)C(C)O)CC3. The third-order valence-corrected chi connectivity index (χ3v) is 8.20. The van der Waals surface area contributed by atoms with E-state index in [-0.39, 0.29) is 30.6 Å². The highest BCUT2D eigenvalue weighted by molar-refractivity contribution is 5.93. The molecule has 38 heavy (non-hydrogen) atoms. The number of halogens is 1. The minimum atomic E-state index is -1.17. The Balaban J connectivity index is 1.84. The first-order chi connectivity index (χ1) is 18.1. The van der Waals surface area contributed by atoms with Crippen molar-refractivity contribution in [2.45, 2.75) is 71.2 Å². The monoisotopic (exact) mass is 521 g/mol. The molecule has 3 unspecified atom stereocenters. The Bertz CT molecular complexity index is 1540. The van der Waals surface area contributed by atoms with E-state index < -0.39 is 17.9 Å². The molecule has 3 atom stereocenters. The van der Waals surface area contributed by atoms with Crippen LogP contribution in [-0.2, 0) is 33.9 Å². The van der Waals surface area contributed by atoms with Crippen LogP contribution in [-0.4, -0.2) is 52.0 Å². The van der Waals surface area contributed by atoms with Gasteiger partial charge in [-0.25, -0.2) is 9.37 Å². The van der Waals surface area contributed by atoms with E-state index in [1.54, 1.807) is 23.4 Å². The van der Waals surface area contributed by atoms with E-state index in [4.69, 9.17) is 9.72 Å². The first-order valence-electron chi connectivity index (χ1n) is 12.9. The van der Waals surface area contributed by atoms with Gasteiger partial charge >= 0.3 is 0 Å². The summed E-state index contributed by atoms with van der Waals surface area (Å²) < 4.78 is 22.0. The number of aryl methyl sites for hydroxylation is 1. The van der Waals surface area contributed by atoms with Gasteiger partial charge in [0.1, 0.15) is 18.2 Å². The first-order valence-corrected chi connectivity index (χ1v) is 12.9. The van der Waals surface area contributed by atoms with E-state index in [1.165, 1.54) is 20.1 Å². The molecule has 3 heterocycles. The lowest BCUT2D eigenvalue weighted by atomic mass is 9.81. The first kappa shape index (κ1) is 26.2. The number of carbonyl (C=O) groups is 2. The Morgan fingerprint density at radius 3 is 2.74 bits per heavy atom. The smallest absolute Gasteiger partial charge is 0.257 e. The van der Waals surface area contributed by atoms with E-state index in [1.807, 2.05) is 13.0 Å². The number of amides is 1. The maximum absolute atomic E-state index is 15.0. The summed E-state index contributed by atoms with van der Waals surface area (Å²) in [6.45, 7) is 5.38. The molecule has 0 fully saturated rings. The zero-order chi connectivity index (χ0) is 27.5. The molecule has 1 amide bonds. The fourth-order valence-corrected chi connectivity index (χ4v) is 6.18. The molecule has 1 N–H and O–H groups in total. The lowest BCUT2D eigenvalue weighted by Gasteiger charge is -2.35. The molecule has 2 aromatic heterocycles. The molecule has 0 saturated heterocycles. The van der Waals surface area contributed by atoms with Crippen molar-refractivity contribution in [1.29, 1.82) is 0 Å². The molecule has 3 aromatic rings. The van der Waals surface area contributed by atoms with Crippen LogP contribution in [0, 0.1) is 12.7 Å². The van der Waals surface area contributed by atoms with Crippen molar-refractivity contribution in [2.75, 3.05) is 14.2 Å². The van der Waals surface area contributed by atoms with Gasteiger partial charge in [-0.2, -0.15) is 0 Å². The summed E-state index contributed by atoms with van der Waals surface area (Å²) in [5, 5.41) is 10.8. The van der Waals surface area contributed by atoms with Crippen LogP contribution in [0.15, 0.2) is 16.9 Å². The second kappa shape index (κ2) is 9.71. The van der Waals surface area contributed by atoms with Crippen LogP contribution in [0.5, 0.6) is 0 Å². The van der Waals surface area contributed by atoms with Crippen LogP contribution in [0.3, 0.4) is 0 Å². The fraction of sp³-hybridized carbons (Fsp3) is 0.448. The number of hydrogen-bond donors (Lipinski definition) is 1. The van der Waals surface area contributed by atoms with Gasteiger partial charge in [-0.15, -0.1) is 0 Å². The summed E-state index contributed by atoms with van der Waals surface area (Å²) in [4.78, 5) is 45.0. The zero-order valence-corrected chi connectivity index (χ0v) is 22.3. The summed E-state index contributed by atoms with van der Waals surface area (Å²) in [7, 11) is 3.17. The molecule has 200 valence electrons. The van der Waals surface area contributed by atoms with Gasteiger partial charge in [-0.1, -0.05) is 6.92 Å². The van der Waals surface area contributed by atoms with Gasteiger partial charge in [0.15, 0.2) is 0 Å². The average molecular weight is 522 g/mol. The second-order valence-corrected chi connectivity index (χ2v) is 10.3. The van der Waals surface area contributed by atoms with E-state index in [2.05, 4.69) is 0 Å². The number of benzene rings is 1. The van der Waals surface area contributed by atoms with Crippen LogP contribution in [0.4, 0.5) is 4.39 Å². The number of hydrogen-bond acceptors (Lipinski definition) is 6. The molecule has 5 rings (SSSR count). The lowest BCUT2D eigenvalue weighted by molar-refractivity contribution is -0.140. The van der Waals surface area contributed by atoms with Gasteiger partial charge in [0, 0.05) is 42.7 Å². The molecule has 2 aliphatic rings. The molecular weight excluding hydrogens is 489 g/mol. The molecular formula is C29H32FN3O5. The molecule has 1 aliphatic heterocycles. The van der Waals surface area contributed by atoms with Crippen LogP contribution in [0.25, 0.3) is 22.3 Å². The van der Waals surface area contributed by atoms with E-state index in [9.17, 15) is 19.5 Å². The topological polar surface area (TPSA) is 102 Å². The number of likely N-dealkylation sites (N-methyl/N-ethyl adjacent to an activating group) is 1. The quantitative estimate of drug-likeness (QED) is 0.374. The number of fused-ring (bicyclic) bond motifs is 4. The highest BCUT2D eigenvalue weighted by Gasteiger charge is 2.37. The van der Waals surface area contributed by atoms with Gasteiger partial charge in [0.25, 0.3) is 11.5 Å². The van der Waals surface area contributed by atoms with Gasteiger partial charge in [-0.3, -0.25) is 9.59 Å². The molecule has 8 nitrogen and oxygen atoms in total. The van der Waals surface area contributed by atoms with Crippen LogP contribution in [0.2, 0.25) is 0 Å². The minimum Gasteiger partial charge on any atom is -0.384 e. The Morgan fingerprint density at radius 1 is 1.37 bits per heavy atom. The van der Waals surface area contributed by atoms with Gasteiger partial charge in [0.05, 0.1) is 36.1 Å². The maximum Gasteiger partial charge on any atom is 0.257 e. The van der Waals surface area contributed by atoms with Crippen molar-refractivity contribution in [3.05, 3.63) is 61.7 Å². The Morgan fingerprint density at radius 2 is 2.11 bits per heavy atom. The summed E-state index contributed by atoms with van der Waals surface area (Å²) in [6, 6.07) is 2.87. The highest BCUT2D eigenvalue weighted by Crippen LogP contribution is 2.46. The number of ether oxygens (including phenoxy) is 1. The normalized spacial score (nSPS) is 17.2. The van der Waals surface area contributed by atoms with Gasteiger partial charge in [-0.05, 0) is 61.4 Å². The number of rotatable bonds is 7. The lowest BCUT2D eigenvalue weighted by Crippen LogP contribution is -2.39. The fourth-order valence-electron chi connectivity index (χ4n) is 6.18. The summed E-state index contributed by atoms with van der Waals surface area (Å²) in [5.41, 5.74) is 5.42. The van der Waals surface area contributed by atoms with Crippen molar-refractivity contribution in [2.24, 2.45) is 0 Å². The number of pyridine rings is 2. The molecule has 0 bridgehead atoms. The summed E-state index contributed by atoms with van der Waals surface area (Å²) in [5.74, 6) is -1.24. The number of aliphatic hydroxyl groups excluding tert-OH is 1. The molecule has 0 saturated carbocycles. The number of carbonyl (C=O) groups excluding carboxylic acids is 2. The maximum atomic E-state index is 15.0. The number of aliphatic hydroxyl groups is 1. The predicted octanol–water partition coefficient (Wildman–Crippen LogP) is 3.54.